The van der Waals surface area contributed by atoms with Crippen LogP contribution in [-0.2, 0) is 6.67 Å². The Balaban J connectivity index is 1.56. The number of fused-ring (bicyclic) bond motifs is 1. The topological polar surface area (TPSA) is 38.1 Å². The molecule has 0 N–H and O–H groups in total. The van der Waals surface area contributed by atoms with Crippen molar-refractivity contribution in [2.45, 2.75) is 20.0 Å². The van der Waals surface area contributed by atoms with Gasteiger partial charge in [-0.05, 0) is 30.5 Å². The standard InChI is InChI=1S/C21H21N3O/c1-16-19-9-5-6-10-20(19)21(25)24(22-16)15-23-13-11-18(12-14-23)17-7-3-2-4-8-17/h2-11H,12-15H2,1H3. The molecular weight excluding hydrogens is 310 g/mol. The highest BCUT2D eigenvalue weighted by Crippen LogP contribution is 2.22. The van der Waals surface area contributed by atoms with Crippen molar-refractivity contribution in [3.8, 4) is 0 Å². The maximum absolute atomic E-state index is 12.7. The van der Waals surface area contributed by atoms with Crippen LogP contribution in [0.4, 0.5) is 0 Å². The molecule has 0 radical (unpaired) electrons. The summed E-state index contributed by atoms with van der Waals surface area (Å²) in [6, 6.07) is 18.2. The van der Waals surface area contributed by atoms with E-state index in [1.165, 1.54) is 11.1 Å². The van der Waals surface area contributed by atoms with Gasteiger partial charge in [-0.25, -0.2) is 4.68 Å². The largest absolute Gasteiger partial charge is 0.280 e. The van der Waals surface area contributed by atoms with Crippen LogP contribution in [0.15, 0.2) is 65.5 Å². The first kappa shape index (κ1) is 15.8. The van der Waals surface area contributed by atoms with Crippen molar-refractivity contribution in [3.63, 3.8) is 0 Å². The molecule has 1 aliphatic heterocycles. The minimum absolute atomic E-state index is 0.0148. The SMILES string of the molecule is Cc1nn(CN2CC=C(c3ccccc3)CC2)c(=O)c2ccccc12. The summed E-state index contributed by atoms with van der Waals surface area (Å²) in [6.07, 6.45) is 3.25. The fourth-order valence-corrected chi connectivity index (χ4v) is 3.44. The molecular formula is C21H21N3O. The molecule has 3 aromatic rings. The van der Waals surface area contributed by atoms with E-state index in [2.05, 4.69) is 40.3 Å². The van der Waals surface area contributed by atoms with Crippen molar-refractivity contribution in [1.29, 1.82) is 0 Å². The lowest BCUT2D eigenvalue weighted by molar-refractivity contribution is 0.223. The van der Waals surface area contributed by atoms with E-state index in [4.69, 9.17) is 0 Å². The second kappa shape index (κ2) is 6.65. The molecule has 0 fully saturated rings. The summed E-state index contributed by atoms with van der Waals surface area (Å²) < 4.78 is 1.60. The number of rotatable bonds is 3. The molecule has 0 spiro atoms. The van der Waals surface area contributed by atoms with Gasteiger partial charge in [0, 0.05) is 18.5 Å². The number of benzene rings is 2. The van der Waals surface area contributed by atoms with Gasteiger partial charge in [-0.15, -0.1) is 0 Å². The molecule has 4 heteroatoms. The van der Waals surface area contributed by atoms with Crippen LogP contribution in [0.5, 0.6) is 0 Å². The highest BCUT2D eigenvalue weighted by molar-refractivity contribution is 5.83. The summed E-state index contributed by atoms with van der Waals surface area (Å²) in [5.74, 6) is 0. The molecule has 0 bridgehead atoms. The first-order chi connectivity index (χ1) is 12.2. The Morgan fingerprint density at radius 2 is 1.72 bits per heavy atom. The van der Waals surface area contributed by atoms with Gasteiger partial charge in [0.15, 0.2) is 0 Å². The van der Waals surface area contributed by atoms with Crippen molar-refractivity contribution in [1.82, 2.24) is 14.7 Å². The van der Waals surface area contributed by atoms with E-state index in [0.717, 1.165) is 36.0 Å². The van der Waals surface area contributed by atoms with E-state index in [1.54, 1.807) is 4.68 Å². The minimum Gasteiger partial charge on any atom is -0.280 e. The van der Waals surface area contributed by atoms with Crippen molar-refractivity contribution in [2.24, 2.45) is 0 Å². The van der Waals surface area contributed by atoms with Gasteiger partial charge in [0.1, 0.15) is 0 Å². The van der Waals surface area contributed by atoms with Gasteiger partial charge < -0.3 is 0 Å². The zero-order chi connectivity index (χ0) is 17.2. The Bertz CT molecular complexity index is 989. The Morgan fingerprint density at radius 3 is 2.44 bits per heavy atom. The molecule has 25 heavy (non-hydrogen) atoms. The first-order valence-electron chi connectivity index (χ1n) is 8.65. The molecule has 2 aromatic carbocycles. The average Bonchev–Trinajstić information content (AvgIpc) is 2.67. The second-order valence-electron chi connectivity index (χ2n) is 6.50. The van der Waals surface area contributed by atoms with Gasteiger partial charge >= 0.3 is 0 Å². The average molecular weight is 331 g/mol. The summed E-state index contributed by atoms with van der Waals surface area (Å²) in [4.78, 5) is 15.0. The summed E-state index contributed by atoms with van der Waals surface area (Å²) >= 11 is 0. The van der Waals surface area contributed by atoms with Crippen LogP contribution in [0.3, 0.4) is 0 Å². The zero-order valence-electron chi connectivity index (χ0n) is 14.4. The van der Waals surface area contributed by atoms with E-state index in [0.29, 0.717) is 6.67 Å². The van der Waals surface area contributed by atoms with Gasteiger partial charge in [0.25, 0.3) is 5.56 Å². The lowest BCUT2D eigenvalue weighted by Gasteiger charge is -2.26. The molecule has 4 rings (SSSR count). The smallest absolute Gasteiger partial charge is 0.275 e. The summed E-state index contributed by atoms with van der Waals surface area (Å²) in [7, 11) is 0. The number of aryl methyl sites for hydroxylation is 1. The fraction of sp³-hybridized carbons (Fsp3) is 0.238. The maximum Gasteiger partial charge on any atom is 0.275 e. The molecule has 2 heterocycles. The van der Waals surface area contributed by atoms with Gasteiger partial charge in [-0.2, -0.15) is 5.10 Å². The first-order valence-corrected chi connectivity index (χ1v) is 8.65. The molecule has 4 nitrogen and oxygen atoms in total. The van der Waals surface area contributed by atoms with Gasteiger partial charge in [0.05, 0.1) is 17.7 Å². The van der Waals surface area contributed by atoms with Gasteiger partial charge in [0.2, 0.25) is 0 Å². The van der Waals surface area contributed by atoms with Crippen molar-refractivity contribution in [3.05, 3.63) is 82.3 Å². The maximum atomic E-state index is 12.7. The van der Waals surface area contributed by atoms with Crippen LogP contribution in [0, 0.1) is 6.92 Å². The van der Waals surface area contributed by atoms with Crippen LogP contribution in [-0.4, -0.2) is 27.8 Å². The lowest BCUT2D eigenvalue weighted by Crippen LogP contribution is -2.36. The van der Waals surface area contributed by atoms with Crippen LogP contribution in [0.1, 0.15) is 17.7 Å². The summed E-state index contributed by atoms with van der Waals surface area (Å²) in [6.45, 7) is 4.26. The molecule has 1 aliphatic rings. The molecule has 0 unspecified atom stereocenters. The minimum atomic E-state index is -0.0148. The molecule has 1 aromatic heterocycles. The lowest BCUT2D eigenvalue weighted by atomic mass is 10.00. The van der Waals surface area contributed by atoms with Gasteiger partial charge in [-0.1, -0.05) is 54.6 Å². The molecule has 0 saturated carbocycles. The predicted molar refractivity (Wildman–Crippen MR) is 101 cm³/mol. The molecule has 0 atom stereocenters. The normalized spacial score (nSPS) is 15.3. The summed E-state index contributed by atoms with van der Waals surface area (Å²) in [5.41, 5.74) is 3.55. The van der Waals surface area contributed by atoms with Crippen molar-refractivity contribution < 1.29 is 0 Å². The van der Waals surface area contributed by atoms with Crippen molar-refractivity contribution in [2.75, 3.05) is 13.1 Å². The van der Waals surface area contributed by atoms with Crippen LogP contribution < -0.4 is 5.56 Å². The van der Waals surface area contributed by atoms with Crippen molar-refractivity contribution >= 4 is 16.3 Å². The highest BCUT2D eigenvalue weighted by Gasteiger charge is 2.15. The van der Waals surface area contributed by atoms with E-state index in [1.807, 2.05) is 37.3 Å². The quantitative estimate of drug-likeness (QED) is 0.738. The zero-order valence-corrected chi connectivity index (χ0v) is 14.4. The Labute approximate surface area is 147 Å². The number of aromatic nitrogens is 2. The van der Waals surface area contributed by atoms with Gasteiger partial charge in [-0.3, -0.25) is 9.69 Å². The van der Waals surface area contributed by atoms with E-state index in [9.17, 15) is 4.79 Å². The van der Waals surface area contributed by atoms with E-state index >= 15 is 0 Å². The fourth-order valence-electron chi connectivity index (χ4n) is 3.44. The number of hydrogen-bond donors (Lipinski definition) is 0. The van der Waals surface area contributed by atoms with E-state index < -0.39 is 0 Å². The highest BCUT2D eigenvalue weighted by atomic mass is 16.1. The third kappa shape index (κ3) is 3.13. The predicted octanol–water partition coefficient (Wildman–Crippen LogP) is 3.45. The third-order valence-corrected chi connectivity index (χ3v) is 4.82. The number of hydrogen-bond acceptors (Lipinski definition) is 3. The molecule has 0 saturated heterocycles. The Hall–Kier alpha value is -2.72. The second-order valence-corrected chi connectivity index (χ2v) is 6.50. The monoisotopic (exact) mass is 331 g/mol. The van der Waals surface area contributed by atoms with Crippen LogP contribution >= 0.6 is 0 Å². The third-order valence-electron chi connectivity index (χ3n) is 4.82. The number of nitrogens with zero attached hydrogens (tertiary/aromatic N) is 3. The Kier molecular flexibility index (Phi) is 4.20. The van der Waals surface area contributed by atoms with Crippen LogP contribution in [0.2, 0.25) is 0 Å². The Morgan fingerprint density at radius 1 is 1.00 bits per heavy atom. The van der Waals surface area contributed by atoms with Crippen LogP contribution in [0.25, 0.3) is 16.3 Å². The molecule has 0 aliphatic carbocycles. The molecule has 126 valence electrons. The molecule has 0 amide bonds. The van der Waals surface area contributed by atoms with E-state index in [-0.39, 0.29) is 5.56 Å². The summed E-state index contributed by atoms with van der Waals surface area (Å²) in [5, 5.41) is 6.20.